The zero-order valence-corrected chi connectivity index (χ0v) is 15.8. The number of amides is 1. The maximum Gasteiger partial charge on any atom is 0.270 e. The van der Waals surface area contributed by atoms with Crippen molar-refractivity contribution in [2.75, 3.05) is 5.32 Å². The van der Waals surface area contributed by atoms with Crippen molar-refractivity contribution in [2.45, 2.75) is 6.54 Å². The summed E-state index contributed by atoms with van der Waals surface area (Å²) in [6.45, 7) is 0.0399. The van der Waals surface area contributed by atoms with Gasteiger partial charge in [0.25, 0.3) is 5.69 Å². The molecule has 4 aromatic rings. The number of hydrogen-bond acceptors (Lipinski definition) is 4. The topological polar surface area (TPSA) is 94.2 Å². The molecule has 1 aromatic heterocycles. The number of benzene rings is 3. The molecule has 7 nitrogen and oxygen atoms in total. The van der Waals surface area contributed by atoms with Gasteiger partial charge in [0, 0.05) is 46.0 Å². The van der Waals surface area contributed by atoms with Crippen LogP contribution in [0.3, 0.4) is 0 Å². The summed E-state index contributed by atoms with van der Waals surface area (Å²) >= 11 is 0. The SMILES string of the molecule is O=C(Cn1ccc2cc([N+](=O)[O-])ccc21)Nc1cccc(C(=O)c2ccccc2)c1. The molecule has 0 fully saturated rings. The minimum absolute atomic E-state index is 0.00426. The lowest BCUT2D eigenvalue weighted by Crippen LogP contribution is -2.18. The first-order chi connectivity index (χ1) is 14.5. The summed E-state index contributed by atoms with van der Waals surface area (Å²) < 4.78 is 1.72. The molecule has 0 spiro atoms. The van der Waals surface area contributed by atoms with Crippen LogP contribution in [0.5, 0.6) is 0 Å². The van der Waals surface area contributed by atoms with E-state index in [1.807, 2.05) is 6.07 Å². The maximum absolute atomic E-state index is 12.6. The number of fused-ring (bicyclic) bond motifs is 1. The van der Waals surface area contributed by atoms with Gasteiger partial charge in [0.1, 0.15) is 6.54 Å². The van der Waals surface area contributed by atoms with Crippen LogP contribution in [0, 0.1) is 10.1 Å². The monoisotopic (exact) mass is 399 g/mol. The quantitative estimate of drug-likeness (QED) is 0.295. The van der Waals surface area contributed by atoms with Crippen molar-refractivity contribution in [1.29, 1.82) is 0 Å². The number of nitrogens with one attached hydrogen (secondary N) is 1. The first-order valence-electron chi connectivity index (χ1n) is 9.24. The van der Waals surface area contributed by atoms with Crippen molar-refractivity contribution in [3.8, 4) is 0 Å². The highest BCUT2D eigenvalue weighted by molar-refractivity contribution is 6.09. The van der Waals surface area contributed by atoms with Crippen LogP contribution in [-0.4, -0.2) is 21.2 Å². The molecule has 1 heterocycles. The Bertz CT molecular complexity index is 1260. The minimum Gasteiger partial charge on any atom is -0.338 e. The Morgan fingerprint density at radius 2 is 1.67 bits per heavy atom. The molecule has 148 valence electrons. The van der Waals surface area contributed by atoms with E-state index in [0.29, 0.717) is 22.2 Å². The van der Waals surface area contributed by atoms with Crippen LogP contribution in [0.4, 0.5) is 11.4 Å². The number of nitro groups is 1. The fourth-order valence-electron chi connectivity index (χ4n) is 3.29. The van der Waals surface area contributed by atoms with Crippen molar-refractivity contribution in [3.05, 3.63) is 106 Å². The van der Waals surface area contributed by atoms with Crippen molar-refractivity contribution >= 4 is 34.0 Å². The molecule has 0 atom stereocenters. The van der Waals surface area contributed by atoms with Crippen LogP contribution < -0.4 is 5.32 Å². The molecular formula is C23H17N3O4. The summed E-state index contributed by atoms with van der Waals surface area (Å²) in [4.78, 5) is 35.6. The second-order valence-electron chi connectivity index (χ2n) is 6.77. The average molecular weight is 399 g/mol. The molecule has 0 aliphatic rings. The summed E-state index contributed by atoms with van der Waals surface area (Å²) in [7, 11) is 0. The van der Waals surface area contributed by atoms with Crippen LogP contribution in [0.1, 0.15) is 15.9 Å². The molecule has 0 aliphatic heterocycles. The fraction of sp³-hybridized carbons (Fsp3) is 0.0435. The molecule has 7 heteroatoms. The van der Waals surface area contributed by atoms with Gasteiger partial charge in [-0.2, -0.15) is 0 Å². The van der Waals surface area contributed by atoms with E-state index >= 15 is 0 Å². The molecule has 0 unspecified atom stereocenters. The van der Waals surface area contributed by atoms with E-state index in [4.69, 9.17) is 0 Å². The molecule has 3 aromatic carbocycles. The largest absolute Gasteiger partial charge is 0.338 e. The third-order valence-electron chi connectivity index (χ3n) is 4.72. The second kappa shape index (κ2) is 8.00. The molecule has 1 N–H and O–H groups in total. The predicted molar refractivity (Wildman–Crippen MR) is 114 cm³/mol. The number of nitro benzene ring substituents is 1. The van der Waals surface area contributed by atoms with E-state index in [1.54, 1.807) is 71.4 Å². The summed E-state index contributed by atoms with van der Waals surface area (Å²) in [5.41, 5.74) is 2.31. The number of anilines is 1. The van der Waals surface area contributed by atoms with Gasteiger partial charge in [0.15, 0.2) is 5.78 Å². The van der Waals surface area contributed by atoms with E-state index in [9.17, 15) is 19.7 Å². The molecule has 30 heavy (non-hydrogen) atoms. The zero-order valence-electron chi connectivity index (χ0n) is 15.8. The van der Waals surface area contributed by atoms with Gasteiger partial charge >= 0.3 is 0 Å². The molecule has 0 saturated carbocycles. The van der Waals surface area contributed by atoms with Crippen molar-refractivity contribution < 1.29 is 14.5 Å². The van der Waals surface area contributed by atoms with E-state index in [-0.39, 0.29) is 23.9 Å². The van der Waals surface area contributed by atoms with Crippen LogP contribution >= 0.6 is 0 Å². The Morgan fingerprint density at radius 3 is 2.43 bits per heavy atom. The normalized spacial score (nSPS) is 10.7. The average Bonchev–Trinajstić information content (AvgIpc) is 3.15. The Labute approximate surface area is 171 Å². The molecule has 0 radical (unpaired) electrons. The third-order valence-corrected chi connectivity index (χ3v) is 4.72. The highest BCUT2D eigenvalue weighted by atomic mass is 16.6. The molecule has 0 bridgehead atoms. The lowest BCUT2D eigenvalue weighted by atomic mass is 10.0. The number of aromatic nitrogens is 1. The van der Waals surface area contributed by atoms with Crippen molar-refractivity contribution in [2.24, 2.45) is 0 Å². The van der Waals surface area contributed by atoms with E-state index in [1.165, 1.54) is 12.1 Å². The Kier molecular flexibility index (Phi) is 5.09. The van der Waals surface area contributed by atoms with Crippen molar-refractivity contribution in [1.82, 2.24) is 4.57 Å². The van der Waals surface area contributed by atoms with Gasteiger partial charge < -0.3 is 9.88 Å². The van der Waals surface area contributed by atoms with Gasteiger partial charge in [-0.05, 0) is 24.3 Å². The molecule has 1 amide bonds. The van der Waals surface area contributed by atoms with Gasteiger partial charge in [-0.15, -0.1) is 0 Å². The number of nitrogens with zero attached hydrogens (tertiary/aromatic N) is 2. The first kappa shape index (κ1) is 19.1. The van der Waals surface area contributed by atoms with E-state index in [2.05, 4.69) is 5.32 Å². The van der Waals surface area contributed by atoms with E-state index in [0.717, 1.165) is 5.52 Å². The van der Waals surface area contributed by atoms with Crippen LogP contribution in [-0.2, 0) is 11.3 Å². The van der Waals surface area contributed by atoms with Crippen molar-refractivity contribution in [3.63, 3.8) is 0 Å². The number of ketones is 1. The smallest absolute Gasteiger partial charge is 0.270 e. The maximum atomic E-state index is 12.6. The van der Waals surface area contributed by atoms with Gasteiger partial charge in [0.2, 0.25) is 5.91 Å². The highest BCUT2D eigenvalue weighted by Gasteiger charge is 2.12. The first-order valence-corrected chi connectivity index (χ1v) is 9.24. The van der Waals surface area contributed by atoms with Crippen LogP contribution in [0.25, 0.3) is 10.9 Å². The summed E-state index contributed by atoms with van der Waals surface area (Å²) in [5.74, 6) is -0.389. The number of carbonyl (C=O) groups is 2. The Hall–Kier alpha value is -4.26. The lowest BCUT2D eigenvalue weighted by molar-refractivity contribution is -0.384. The number of rotatable bonds is 6. The van der Waals surface area contributed by atoms with Crippen LogP contribution in [0.15, 0.2) is 85.1 Å². The third kappa shape index (κ3) is 3.95. The minimum atomic E-state index is -0.451. The molecule has 0 aliphatic carbocycles. The summed E-state index contributed by atoms with van der Waals surface area (Å²) in [6, 6.07) is 22.0. The zero-order chi connectivity index (χ0) is 21.1. The molecule has 4 rings (SSSR count). The highest BCUT2D eigenvalue weighted by Crippen LogP contribution is 2.22. The van der Waals surface area contributed by atoms with Crippen LogP contribution in [0.2, 0.25) is 0 Å². The molecule has 0 saturated heterocycles. The predicted octanol–water partition coefficient (Wildman–Crippen LogP) is 4.42. The lowest BCUT2D eigenvalue weighted by Gasteiger charge is -2.09. The standard InChI is InChI=1S/C23H17N3O4/c27-22(15-25-12-11-17-14-20(26(29)30)9-10-21(17)25)24-19-8-4-7-18(13-19)23(28)16-5-2-1-3-6-16/h1-14H,15H2,(H,24,27). The van der Waals surface area contributed by atoms with Gasteiger partial charge in [-0.1, -0.05) is 42.5 Å². The van der Waals surface area contributed by atoms with Gasteiger partial charge in [-0.3, -0.25) is 19.7 Å². The molecular weight excluding hydrogens is 382 g/mol. The summed E-state index contributed by atoms with van der Waals surface area (Å²) in [6.07, 6.45) is 1.71. The Balaban J connectivity index is 1.49. The number of non-ortho nitro benzene ring substituents is 1. The second-order valence-corrected chi connectivity index (χ2v) is 6.77. The number of hydrogen-bond donors (Lipinski definition) is 1. The Morgan fingerprint density at radius 1 is 0.900 bits per heavy atom. The van der Waals surface area contributed by atoms with Gasteiger partial charge in [-0.25, -0.2) is 0 Å². The van der Waals surface area contributed by atoms with Gasteiger partial charge in [0.05, 0.1) is 4.92 Å². The number of carbonyl (C=O) groups excluding carboxylic acids is 2. The van der Waals surface area contributed by atoms with E-state index < -0.39 is 4.92 Å². The summed E-state index contributed by atoms with van der Waals surface area (Å²) in [5, 5.41) is 14.4. The fourth-order valence-corrected chi connectivity index (χ4v) is 3.29.